The molecule has 1 aromatic carbocycles. The van der Waals surface area contributed by atoms with E-state index in [0.29, 0.717) is 10.5 Å². The summed E-state index contributed by atoms with van der Waals surface area (Å²) in [5, 5.41) is 3.43. The van der Waals surface area contributed by atoms with Crippen LogP contribution in [-0.2, 0) is 6.42 Å². The van der Waals surface area contributed by atoms with Crippen molar-refractivity contribution >= 4 is 15.9 Å². The van der Waals surface area contributed by atoms with Gasteiger partial charge < -0.3 is 9.73 Å². The molecular weight excluding hydrogens is 321 g/mol. The van der Waals surface area contributed by atoms with E-state index in [1.165, 1.54) is 6.07 Å². The number of hydrogen-bond donors (Lipinski definition) is 1. The van der Waals surface area contributed by atoms with Crippen molar-refractivity contribution in [2.45, 2.75) is 32.7 Å². The second-order valence-electron chi connectivity index (χ2n) is 4.95. The summed E-state index contributed by atoms with van der Waals surface area (Å²) in [6, 6.07) is 9.19. The van der Waals surface area contributed by atoms with Gasteiger partial charge in [0.15, 0.2) is 0 Å². The van der Waals surface area contributed by atoms with E-state index in [2.05, 4.69) is 35.1 Å². The van der Waals surface area contributed by atoms with E-state index in [-0.39, 0.29) is 5.82 Å². The minimum atomic E-state index is -0.266. The molecular formula is C16H19BrFNO. The smallest absolute Gasteiger partial charge is 0.137 e. The van der Waals surface area contributed by atoms with Gasteiger partial charge in [0, 0.05) is 18.0 Å². The summed E-state index contributed by atoms with van der Waals surface area (Å²) in [5.41, 5.74) is 0.874. The van der Waals surface area contributed by atoms with Crippen LogP contribution in [0.4, 0.5) is 4.39 Å². The van der Waals surface area contributed by atoms with Crippen LogP contribution in [-0.4, -0.2) is 12.6 Å². The highest BCUT2D eigenvalue weighted by Gasteiger charge is 2.10. The zero-order valence-electron chi connectivity index (χ0n) is 11.7. The molecule has 2 rings (SSSR count). The van der Waals surface area contributed by atoms with Crippen molar-refractivity contribution in [3.8, 4) is 11.3 Å². The quantitative estimate of drug-likeness (QED) is 0.819. The second kappa shape index (κ2) is 7.04. The number of furan rings is 1. The third-order valence-electron chi connectivity index (χ3n) is 3.12. The zero-order valence-corrected chi connectivity index (χ0v) is 13.3. The fourth-order valence-electron chi connectivity index (χ4n) is 2.06. The van der Waals surface area contributed by atoms with E-state index in [0.717, 1.165) is 36.5 Å². The summed E-state index contributed by atoms with van der Waals surface area (Å²) in [7, 11) is 0. The van der Waals surface area contributed by atoms with Crippen LogP contribution in [0.15, 0.2) is 39.2 Å². The van der Waals surface area contributed by atoms with Crippen molar-refractivity contribution in [3.63, 3.8) is 0 Å². The van der Waals surface area contributed by atoms with Gasteiger partial charge in [-0.1, -0.05) is 6.92 Å². The van der Waals surface area contributed by atoms with Crippen molar-refractivity contribution in [3.05, 3.63) is 46.4 Å². The van der Waals surface area contributed by atoms with Gasteiger partial charge in [-0.3, -0.25) is 0 Å². The van der Waals surface area contributed by atoms with Crippen LogP contribution in [0.2, 0.25) is 0 Å². The Labute approximate surface area is 127 Å². The highest BCUT2D eigenvalue weighted by atomic mass is 79.9. The number of hydrogen-bond acceptors (Lipinski definition) is 2. The predicted octanol–water partition coefficient (Wildman–Crippen LogP) is 4.78. The number of nitrogens with one attached hydrogen (secondary N) is 1. The van der Waals surface area contributed by atoms with Gasteiger partial charge in [0.05, 0.1) is 4.47 Å². The lowest BCUT2D eigenvalue weighted by Gasteiger charge is -2.10. The van der Waals surface area contributed by atoms with Crippen LogP contribution in [0, 0.1) is 5.82 Å². The summed E-state index contributed by atoms with van der Waals surface area (Å²) in [6.07, 6.45) is 1.97. The third kappa shape index (κ3) is 3.93. The van der Waals surface area contributed by atoms with Gasteiger partial charge in [-0.15, -0.1) is 0 Å². The van der Waals surface area contributed by atoms with Gasteiger partial charge in [0.1, 0.15) is 17.3 Å². The molecule has 108 valence electrons. The molecule has 1 N–H and O–H groups in total. The Morgan fingerprint density at radius 1 is 1.30 bits per heavy atom. The topological polar surface area (TPSA) is 25.2 Å². The third-order valence-corrected chi connectivity index (χ3v) is 3.72. The minimum absolute atomic E-state index is 0.266. The Balaban J connectivity index is 2.06. The molecule has 0 aliphatic carbocycles. The van der Waals surface area contributed by atoms with Gasteiger partial charge >= 0.3 is 0 Å². The van der Waals surface area contributed by atoms with Crippen molar-refractivity contribution in [1.29, 1.82) is 0 Å². The maximum absolute atomic E-state index is 13.2. The Morgan fingerprint density at radius 3 is 2.80 bits per heavy atom. The Hall–Kier alpha value is -1.13. The lowest BCUT2D eigenvalue weighted by Crippen LogP contribution is -2.28. The van der Waals surface area contributed by atoms with E-state index in [4.69, 9.17) is 4.42 Å². The van der Waals surface area contributed by atoms with Crippen LogP contribution >= 0.6 is 15.9 Å². The van der Waals surface area contributed by atoms with Crippen LogP contribution in [0.3, 0.4) is 0 Å². The lowest BCUT2D eigenvalue weighted by atomic mass is 10.1. The van der Waals surface area contributed by atoms with Gasteiger partial charge in [0.25, 0.3) is 0 Å². The highest BCUT2D eigenvalue weighted by molar-refractivity contribution is 9.10. The molecule has 1 heterocycles. The molecule has 0 aliphatic heterocycles. The highest BCUT2D eigenvalue weighted by Crippen LogP contribution is 2.27. The monoisotopic (exact) mass is 339 g/mol. The SMILES string of the molecule is CCCNC(C)Cc1ccc(-c2ccc(F)c(Br)c2)o1. The predicted molar refractivity (Wildman–Crippen MR) is 83.3 cm³/mol. The van der Waals surface area contributed by atoms with Crippen molar-refractivity contribution in [1.82, 2.24) is 5.32 Å². The fraction of sp³-hybridized carbons (Fsp3) is 0.375. The van der Waals surface area contributed by atoms with Gasteiger partial charge in [-0.2, -0.15) is 0 Å². The fourth-order valence-corrected chi connectivity index (χ4v) is 2.44. The number of benzene rings is 1. The lowest BCUT2D eigenvalue weighted by molar-refractivity contribution is 0.464. The molecule has 0 amide bonds. The van der Waals surface area contributed by atoms with Crippen LogP contribution in [0.5, 0.6) is 0 Å². The summed E-state index contributed by atoms with van der Waals surface area (Å²) >= 11 is 3.19. The van der Waals surface area contributed by atoms with Gasteiger partial charge in [0.2, 0.25) is 0 Å². The standard InChI is InChI=1S/C16H19BrFNO/c1-3-8-19-11(2)9-13-5-7-16(20-13)12-4-6-15(18)14(17)10-12/h4-7,10-11,19H,3,8-9H2,1-2H3. The average molecular weight is 340 g/mol. The molecule has 2 nitrogen and oxygen atoms in total. The van der Waals surface area contributed by atoms with E-state index in [9.17, 15) is 4.39 Å². The number of halogens is 2. The normalized spacial score (nSPS) is 12.6. The molecule has 2 aromatic rings. The van der Waals surface area contributed by atoms with E-state index in [1.54, 1.807) is 12.1 Å². The van der Waals surface area contributed by atoms with Crippen LogP contribution < -0.4 is 5.32 Å². The first-order valence-electron chi connectivity index (χ1n) is 6.87. The molecule has 0 spiro atoms. The van der Waals surface area contributed by atoms with E-state index >= 15 is 0 Å². The molecule has 0 saturated heterocycles. The summed E-state index contributed by atoms with van der Waals surface area (Å²) < 4.78 is 19.5. The largest absolute Gasteiger partial charge is 0.461 e. The van der Waals surface area contributed by atoms with Gasteiger partial charge in [-0.25, -0.2) is 4.39 Å². The molecule has 1 aromatic heterocycles. The molecule has 0 saturated carbocycles. The molecule has 0 bridgehead atoms. The molecule has 0 aliphatic rings. The first-order chi connectivity index (χ1) is 9.60. The molecule has 0 radical (unpaired) electrons. The van der Waals surface area contributed by atoms with Gasteiger partial charge in [-0.05, 0) is 66.2 Å². The second-order valence-corrected chi connectivity index (χ2v) is 5.81. The van der Waals surface area contributed by atoms with Crippen LogP contribution in [0.1, 0.15) is 26.0 Å². The Morgan fingerprint density at radius 2 is 2.10 bits per heavy atom. The Bertz CT molecular complexity index is 567. The van der Waals surface area contributed by atoms with Crippen LogP contribution in [0.25, 0.3) is 11.3 Å². The maximum Gasteiger partial charge on any atom is 0.137 e. The zero-order chi connectivity index (χ0) is 14.5. The number of rotatable bonds is 6. The minimum Gasteiger partial charge on any atom is -0.461 e. The van der Waals surface area contributed by atoms with Crippen molar-refractivity contribution in [2.75, 3.05) is 6.54 Å². The molecule has 1 unspecified atom stereocenters. The summed E-state index contributed by atoms with van der Waals surface area (Å²) in [5.74, 6) is 1.44. The molecule has 4 heteroatoms. The summed E-state index contributed by atoms with van der Waals surface area (Å²) in [6.45, 7) is 5.31. The first kappa shape index (κ1) is 15.3. The Kier molecular flexibility index (Phi) is 5.38. The summed E-state index contributed by atoms with van der Waals surface area (Å²) in [4.78, 5) is 0. The van der Waals surface area contributed by atoms with Crippen molar-refractivity contribution in [2.24, 2.45) is 0 Å². The molecule has 20 heavy (non-hydrogen) atoms. The average Bonchev–Trinajstić information content (AvgIpc) is 2.88. The molecule has 1 atom stereocenters. The van der Waals surface area contributed by atoms with E-state index < -0.39 is 0 Å². The van der Waals surface area contributed by atoms with Crippen molar-refractivity contribution < 1.29 is 8.81 Å². The maximum atomic E-state index is 13.2. The molecule has 0 fully saturated rings. The first-order valence-corrected chi connectivity index (χ1v) is 7.67. The van der Waals surface area contributed by atoms with E-state index in [1.807, 2.05) is 12.1 Å².